The molecule has 6 heteroatoms. The molecule has 72 valence electrons. The van der Waals surface area contributed by atoms with E-state index in [-0.39, 0.29) is 18.7 Å². The van der Waals surface area contributed by atoms with E-state index in [0.717, 1.165) is 0 Å². The van der Waals surface area contributed by atoms with E-state index in [1.165, 1.54) is 6.92 Å². The Morgan fingerprint density at radius 1 is 1.42 bits per heavy atom. The van der Waals surface area contributed by atoms with Crippen molar-refractivity contribution in [3.05, 3.63) is 0 Å². The molecule has 5 nitrogen and oxygen atoms in total. The molecule has 0 saturated heterocycles. The summed E-state index contributed by atoms with van der Waals surface area (Å²) in [4.78, 5) is 0. The molecule has 0 spiro atoms. The van der Waals surface area contributed by atoms with Crippen LogP contribution < -0.4 is 0 Å². The third kappa shape index (κ3) is 2.93. The van der Waals surface area contributed by atoms with Crippen molar-refractivity contribution in [2.24, 2.45) is 5.16 Å². The van der Waals surface area contributed by atoms with Gasteiger partial charge >= 0.3 is 7.60 Å². The Bertz CT molecular complexity index is 194. The van der Waals surface area contributed by atoms with Gasteiger partial charge in [-0.1, -0.05) is 5.16 Å². The molecule has 0 amide bonds. The highest BCUT2D eigenvalue weighted by molar-refractivity contribution is 7.72. The summed E-state index contributed by atoms with van der Waals surface area (Å²) < 4.78 is 21.3. The highest BCUT2D eigenvalue weighted by Gasteiger charge is 2.28. The van der Waals surface area contributed by atoms with Crippen molar-refractivity contribution in [2.75, 3.05) is 13.2 Å². The Kier molecular flexibility index (Phi) is 5.13. The number of oxime groups is 1. The maximum Gasteiger partial charge on any atom is 0.378 e. The highest BCUT2D eigenvalue weighted by atomic mass is 31.2. The third-order valence-electron chi connectivity index (χ3n) is 1.14. The molecule has 1 N–H and O–H groups in total. The van der Waals surface area contributed by atoms with E-state index in [0.29, 0.717) is 0 Å². The molecular weight excluding hydrogens is 181 g/mol. The summed E-state index contributed by atoms with van der Waals surface area (Å²) in [5, 5.41) is 11.2. The topological polar surface area (TPSA) is 68.1 Å². The van der Waals surface area contributed by atoms with Gasteiger partial charge in [-0.05, 0) is 20.8 Å². The van der Waals surface area contributed by atoms with Crippen molar-refractivity contribution in [2.45, 2.75) is 20.8 Å². The first-order chi connectivity index (χ1) is 5.60. The van der Waals surface area contributed by atoms with Gasteiger partial charge < -0.3 is 14.3 Å². The first-order valence-electron chi connectivity index (χ1n) is 3.69. The van der Waals surface area contributed by atoms with Crippen molar-refractivity contribution in [3.8, 4) is 0 Å². The molecule has 0 fully saturated rings. The Morgan fingerprint density at radius 2 is 1.83 bits per heavy atom. The van der Waals surface area contributed by atoms with Crippen LogP contribution in [-0.2, 0) is 13.6 Å². The monoisotopic (exact) mass is 195 g/mol. The van der Waals surface area contributed by atoms with Gasteiger partial charge in [-0.15, -0.1) is 0 Å². The van der Waals surface area contributed by atoms with Crippen molar-refractivity contribution in [3.63, 3.8) is 0 Å². The second-order valence-corrected chi connectivity index (χ2v) is 4.14. The molecular formula is C6H14NO4P. The average molecular weight is 195 g/mol. The normalized spacial score (nSPS) is 13.4. The quantitative estimate of drug-likeness (QED) is 0.315. The van der Waals surface area contributed by atoms with E-state index in [1.807, 2.05) is 0 Å². The molecule has 0 aliphatic heterocycles. The van der Waals surface area contributed by atoms with Gasteiger partial charge in [-0.25, -0.2) is 0 Å². The Hall–Kier alpha value is -0.380. The van der Waals surface area contributed by atoms with Gasteiger partial charge in [-0.2, -0.15) is 0 Å². The van der Waals surface area contributed by atoms with Crippen molar-refractivity contribution in [1.82, 2.24) is 0 Å². The summed E-state index contributed by atoms with van der Waals surface area (Å²) >= 11 is 0. The molecule has 12 heavy (non-hydrogen) atoms. The van der Waals surface area contributed by atoms with E-state index in [1.54, 1.807) is 13.8 Å². The van der Waals surface area contributed by atoms with E-state index in [2.05, 4.69) is 5.16 Å². The van der Waals surface area contributed by atoms with Gasteiger partial charge in [0.15, 0.2) is 5.45 Å². The molecule has 0 bridgehead atoms. The summed E-state index contributed by atoms with van der Waals surface area (Å²) in [5.74, 6) is 0. The van der Waals surface area contributed by atoms with Crippen LogP contribution in [0.25, 0.3) is 0 Å². The minimum absolute atomic E-state index is 0.0220. The van der Waals surface area contributed by atoms with Crippen molar-refractivity contribution < 1.29 is 18.8 Å². The minimum Gasteiger partial charge on any atom is -0.410 e. The van der Waals surface area contributed by atoms with Crippen LogP contribution in [0.5, 0.6) is 0 Å². The second-order valence-electron chi connectivity index (χ2n) is 1.98. The van der Waals surface area contributed by atoms with Crippen LogP contribution >= 0.6 is 7.60 Å². The predicted molar refractivity (Wildman–Crippen MR) is 45.8 cm³/mol. The number of hydrogen-bond acceptors (Lipinski definition) is 5. The molecule has 0 unspecified atom stereocenters. The summed E-state index contributed by atoms with van der Waals surface area (Å²) in [6, 6.07) is 0. The summed E-state index contributed by atoms with van der Waals surface area (Å²) in [5.41, 5.74) is -0.0220. The molecule has 0 aliphatic rings. The van der Waals surface area contributed by atoms with Crippen molar-refractivity contribution in [1.29, 1.82) is 0 Å². The largest absolute Gasteiger partial charge is 0.410 e. The molecule has 0 aromatic rings. The van der Waals surface area contributed by atoms with E-state index >= 15 is 0 Å². The van der Waals surface area contributed by atoms with Gasteiger partial charge in [0.05, 0.1) is 13.2 Å². The molecule has 0 atom stereocenters. The molecule has 0 rings (SSSR count). The average Bonchev–Trinajstić information content (AvgIpc) is 2.04. The van der Waals surface area contributed by atoms with Crippen LogP contribution in [0.1, 0.15) is 20.8 Å². The zero-order valence-corrected chi connectivity index (χ0v) is 8.38. The Morgan fingerprint density at radius 3 is 2.08 bits per heavy atom. The number of nitrogens with zero attached hydrogens (tertiary/aromatic N) is 1. The number of rotatable bonds is 5. The van der Waals surface area contributed by atoms with Crippen LogP contribution in [0.15, 0.2) is 5.16 Å². The fourth-order valence-electron chi connectivity index (χ4n) is 0.619. The Labute approximate surface area is 71.9 Å². The molecule has 0 aromatic heterocycles. The second kappa shape index (κ2) is 5.30. The Balaban J connectivity index is 4.50. The zero-order valence-electron chi connectivity index (χ0n) is 7.48. The van der Waals surface area contributed by atoms with Crippen LogP contribution in [0.4, 0.5) is 0 Å². The summed E-state index contributed by atoms with van der Waals surface area (Å²) in [6.07, 6.45) is 0. The third-order valence-corrected chi connectivity index (χ3v) is 3.22. The molecule has 0 radical (unpaired) electrons. The van der Waals surface area contributed by atoms with Crippen LogP contribution in [0, 0.1) is 0 Å². The first kappa shape index (κ1) is 11.6. The van der Waals surface area contributed by atoms with Crippen LogP contribution in [-0.4, -0.2) is 23.9 Å². The maximum absolute atomic E-state index is 11.6. The first-order valence-corrected chi connectivity index (χ1v) is 5.23. The van der Waals surface area contributed by atoms with E-state index in [4.69, 9.17) is 14.3 Å². The van der Waals surface area contributed by atoms with Crippen LogP contribution in [0.3, 0.4) is 0 Å². The standard InChI is InChI=1S/C6H14NO4P/c1-4-10-12(9,11-5-2)6(3)7-8/h8H,4-5H2,1-3H3/b7-6+. The summed E-state index contributed by atoms with van der Waals surface area (Å²) in [6.45, 7) is 5.28. The molecule has 0 aromatic carbocycles. The predicted octanol–water partition coefficient (Wildman–Crippen LogP) is 2.06. The number of hydrogen-bond donors (Lipinski definition) is 1. The van der Waals surface area contributed by atoms with Crippen LogP contribution in [0.2, 0.25) is 0 Å². The highest BCUT2D eigenvalue weighted by Crippen LogP contribution is 2.49. The smallest absolute Gasteiger partial charge is 0.378 e. The fourth-order valence-corrected chi connectivity index (χ4v) is 1.86. The van der Waals surface area contributed by atoms with Gasteiger partial charge in [0.1, 0.15) is 0 Å². The maximum atomic E-state index is 11.6. The van der Waals surface area contributed by atoms with E-state index < -0.39 is 7.60 Å². The lowest BCUT2D eigenvalue weighted by molar-refractivity contribution is 0.230. The van der Waals surface area contributed by atoms with E-state index in [9.17, 15) is 4.57 Å². The van der Waals surface area contributed by atoms with Gasteiger partial charge in [0, 0.05) is 0 Å². The summed E-state index contributed by atoms with van der Waals surface area (Å²) in [7, 11) is -3.31. The van der Waals surface area contributed by atoms with Gasteiger partial charge in [0.2, 0.25) is 0 Å². The van der Waals surface area contributed by atoms with Crippen molar-refractivity contribution >= 4 is 13.0 Å². The molecule has 0 saturated carbocycles. The molecule has 0 aliphatic carbocycles. The fraction of sp³-hybridized carbons (Fsp3) is 0.833. The lowest BCUT2D eigenvalue weighted by atomic mass is 10.9. The molecule has 0 heterocycles. The minimum atomic E-state index is -3.31. The van der Waals surface area contributed by atoms with Gasteiger partial charge in [0.25, 0.3) is 0 Å². The SMILES string of the molecule is CCOP(=O)(OCC)/C(C)=N/O. The lowest BCUT2D eigenvalue weighted by Gasteiger charge is -2.14. The lowest BCUT2D eigenvalue weighted by Crippen LogP contribution is -2.03. The zero-order chi connectivity index (χ0) is 9.61. The van der Waals surface area contributed by atoms with Gasteiger partial charge in [-0.3, -0.25) is 4.57 Å².